The third kappa shape index (κ3) is 5.32. The molecule has 0 aliphatic rings. The Labute approximate surface area is 140 Å². The van der Waals surface area contributed by atoms with Gasteiger partial charge in [-0.25, -0.2) is 0 Å². The highest BCUT2D eigenvalue weighted by atomic mass is 35.5. The van der Waals surface area contributed by atoms with E-state index in [1.807, 2.05) is 24.3 Å². The van der Waals surface area contributed by atoms with Gasteiger partial charge in [0.05, 0.1) is 25.3 Å². The topological polar surface area (TPSA) is 27.7 Å². The molecule has 0 N–H and O–H groups in total. The number of hydrogen-bond acceptors (Lipinski definition) is 3. The largest absolute Gasteiger partial charge is 0.497 e. The van der Waals surface area contributed by atoms with E-state index in [0.29, 0.717) is 29.0 Å². The van der Waals surface area contributed by atoms with E-state index in [1.54, 1.807) is 25.3 Å². The van der Waals surface area contributed by atoms with Crippen LogP contribution in [0.1, 0.15) is 12.8 Å². The lowest BCUT2D eigenvalue weighted by atomic mass is 10.3. The molecule has 0 atom stereocenters. The smallest absolute Gasteiger partial charge is 0.137 e. The summed E-state index contributed by atoms with van der Waals surface area (Å²) in [6.45, 7) is 1.23. The van der Waals surface area contributed by atoms with Crippen LogP contribution in [0, 0.1) is 0 Å². The number of unbranched alkanes of at least 4 members (excludes halogenated alkanes) is 1. The molecule has 0 spiro atoms. The van der Waals surface area contributed by atoms with Gasteiger partial charge in [0.25, 0.3) is 0 Å². The number of halogens is 2. The molecular formula is C17H18Cl2O3. The molecule has 118 valence electrons. The molecule has 0 bridgehead atoms. The van der Waals surface area contributed by atoms with Gasteiger partial charge in [-0.05, 0) is 55.3 Å². The van der Waals surface area contributed by atoms with Gasteiger partial charge in [-0.1, -0.05) is 23.2 Å². The molecule has 0 fully saturated rings. The van der Waals surface area contributed by atoms with Crippen LogP contribution in [0.3, 0.4) is 0 Å². The van der Waals surface area contributed by atoms with Gasteiger partial charge in [0, 0.05) is 5.02 Å². The highest BCUT2D eigenvalue weighted by molar-refractivity contribution is 6.35. The standard InChI is InChI=1S/C17H18Cl2O3/c1-20-14-5-7-15(8-6-14)21-10-2-3-11-22-17-9-4-13(18)12-16(17)19/h4-9,12H,2-3,10-11H2,1H3. The van der Waals surface area contributed by atoms with Gasteiger partial charge >= 0.3 is 0 Å². The van der Waals surface area contributed by atoms with E-state index >= 15 is 0 Å². The Morgan fingerprint density at radius 1 is 0.818 bits per heavy atom. The highest BCUT2D eigenvalue weighted by Crippen LogP contribution is 2.27. The number of benzene rings is 2. The monoisotopic (exact) mass is 340 g/mol. The summed E-state index contributed by atoms with van der Waals surface area (Å²) in [5.41, 5.74) is 0. The van der Waals surface area contributed by atoms with Crippen molar-refractivity contribution in [3.8, 4) is 17.2 Å². The lowest BCUT2D eigenvalue weighted by Gasteiger charge is -2.09. The number of ether oxygens (including phenoxy) is 3. The Hall–Kier alpha value is -1.58. The minimum Gasteiger partial charge on any atom is -0.497 e. The first-order valence-corrected chi connectivity index (χ1v) is 7.79. The molecule has 0 saturated carbocycles. The molecular weight excluding hydrogens is 323 g/mol. The zero-order valence-electron chi connectivity index (χ0n) is 12.4. The van der Waals surface area contributed by atoms with Crippen LogP contribution in [0.25, 0.3) is 0 Å². The summed E-state index contributed by atoms with van der Waals surface area (Å²) < 4.78 is 16.3. The number of methoxy groups -OCH3 is 1. The summed E-state index contributed by atoms with van der Waals surface area (Å²) in [4.78, 5) is 0. The third-order valence-corrected chi connectivity index (χ3v) is 3.55. The normalized spacial score (nSPS) is 10.3. The van der Waals surface area contributed by atoms with Crippen LogP contribution < -0.4 is 14.2 Å². The van der Waals surface area contributed by atoms with E-state index in [9.17, 15) is 0 Å². The Bertz CT molecular complexity index is 585. The second-order valence-corrected chi connectivity index (χ2v) is 5.50. The summed E-state index contributed by atoms with van der Waals surface area (Å²) in [6.07, 6.45) is 1.78. The lowest BCUT2D eigenvalue weighted by Crippen LogP contribution is -2.02. The van der Waals surface area contributed by atoms with E-state index in [-0.39, 0.29) is 0 Å². The summed E-state index contributed by atoms with van der Waals surface area (Å²) in [7, 11) is 1.64. The summed E-state index contributed by atoms with van der Waals surface area (Å²) in [6, 6.07) is 12.7. The molecule has 0 aromatic heterocycles. The van der Waals surface area contributed by atoms with Gasteiger partial charge in [-0.2, -0.15) is 0 Å². The van der Waals surface area contributed by atoms with Crippen LogP contribution in [0.5, 0.6) is 17.2 Å². The van der Waals surface area contributed by atoms with Gasteiger partial charge in [0.15, 0.2) is 0 Å². The van der Waals surface area contributed by atoms with E-state index in [4.69, 9.17) is 37.4 Å². The third-order valence-electron chi connectivity index (χ3n) is 3.02. The quantitative estimate of drug-likeness (QED) is 0.615. The van der Waals surface area contributed by atoms with Gasteiger partial charge in [-0.15, -0.1) is 0 Å². The summed E-state index contributed by atoms with van der Waals surface area (Å²) in [5, 5.41) is 1.13. The van der Waals surface area contributed by atoms with E-state index < -0.39 is 0 Å². The molecule has 0 heterocycles. The maximum atomic E-state index is 6.03. The van der Waals surface area contributed by atoms with Crippen molar-refractivity contribution in [1.29, 1.82) is 0 Å². The van der Waals surface area contributed by atoms with Crippen molar-refractivity contribution in [2.75, 3.05) is 20.3 Å². The zero-order chi connectivity index (χ0) is 15.8. The van der Waals surface area contributed by atoms with Crippen LogP contribution in [-0.2, 0) is 0 Å². The van der Waals surface area contributed by atoms with Gasteiger partial charge < -0.3 is 14.2 Å². The van der Waals surface area contributed by atoms with E-state index in [0.717, 1.165) is 24.3 Å². The lowest BCUT2D eigenvalue weighted by molar-refractivity contribution is 0.266. The molecule has 0 unspecified atom stereocenters. The fourth-order valence-electron chi connectivity index (χ4n) is 1.84. The molecule has 3 nitrogen and oxygen atoms in total. The first-order valence-electron chi connectivity index (χ1n) is 7.04. The minimum absolute atomic E-state index is 0.530. The SMILES string of the molecule is COc1ccc(OCCCCOc2ccc(Cl)cc2Cl)cc1. The maximum absolute atomic E-state index is 6.03. The first kappa shape index (κ1) is 16.8. The number of hydrogen-bond donors (Lipinski definition) is 0. The molecule has 0 amide bonds. The van der Waals surface area contributed by atoms with Gasteiger partial charge in [0.1, 0.15) is 17.2 Å². The molecule has 5 heteroatoms. The van der Waals surface area contributed by atoms with Crippen molar-refractivity contribution in [3.63, 3.8) is 0 Å². The van der Waals surface area contributed by atoms with Crippen molar-refractivity contribution in [2.45, 2.75) is 12.8 Å². The molecule has 2 aromatic rings. The molecule has 0 aliphatic carbocycles. The van der Waals surface area contributed by atoms with Crippen LogP contribution in [0.15, 0.2) is 42.5 Å². The van der Waals surface area contributed by atoms with E-state index in [1.165, 1.54) is 0 Å². The van der Waals surface area contributed by atoms with Gasteiger partial charge in [0.2, 0.25) is 0 Å². The van der Waals surface area contributed by atoms with Crippen LogP contribution in [-0.4, -0.2) is 20.3 Å². The Morgan fingerprint density at radius 3 is 2.09 bits per heavy atom. The van der Waals surface area contributed by atoms with Crippen molar-refractivity contribution in [2.24, 2.45) is 0 Å². The Morgan fingerprint density at radius 2 is 1.45 bits per heavy atom. The molecule has 2 aromatic carbocycles. The van der Waals surface area contributed by atoms with E-state index in [2.05, 4.69) is 0 Å². The average Bonchev–Trinajstić information content (AvgIpc) is 2.53. The van der Waals surface area contributed by atoms with Gasteiger partial charge in [-0.3, -0.25) is 0 Å². The predicted molar refractivity (Wildman–Crippen MR) is 89.7 cm³/mol. The second-order valence-electron chi connectivity index (χ2n) is 4.65. The van der Waals surface area contributed by atoms with Crippen LogP contribution in [0.4, 0.5) is 0 Å². The van der Waals surface area contributed by atoms with Crippen LogP contribution in [0.2, 0.25) is 10.0 Å². The minimum atomic E-state index is 0.530. The molecule has 2 rings (SSSR count). The number of rotatable bonds is 8. The van der Waals surface area contributed by atoms with Crippen molar-refractivity contribution in [1.82, 2.24) is 0 Å². The summed E-state index contributed by atoms with van der Waals surface area (Å²) >= 11 is 11.9. The fraction of sp³-hybridized carbons (Fsp3) is 0.294. The Kier molecular flexibility index (Phi) is 6.69. The molecule has 0 aliphatic heterocycles. The Balaban J connectivity index is 1.62. The first-order chi connectivity index (χ1) is 10.7. The zero-order valence-corrected chi connectivity index (χ0v) is 13.9. The summed E-state index contributed by atoms with van der Waals surface area (Å²) in [5.74, 6) is 2.31. The average molecular weight is 341 g/mol. The molecule has 0 radical (unpaired) electrons. The van der Waals surface area contributed by atoms with Crippen molar-refractivity contribution < 1.29 is 14.2 Å². The highest BCUT2D eigenvalue weighted by Gasteiger charge is 2.02. The van der Waals surface area contributed by atoms with Crippen molar-refractivity contribution >= 4 is 23.2 Å². The second kappa shape index (κ2) is 8.76. The maximum Gasteiger partial charge on any atom is 0.137 e. The van der Waals surface area contributed by atoms with Crippen molar-refractivity contribution in [3.05, 3.63) is 52.5 Å². The molecule has 22 heavy (non-hydrogen) atoms. The van der Waals surface area contributed by atoms with Crippen LogP contribution >= 0.6 is 23.2 Å². The predicted octanol–water partition coefficient (Wildman–Crippen LogP) is 5.24. The molecule has 0 saturated heterocycles. The fourth-order valence-corrected chi connectivity index (χ4v) is 2.30.